The number of hydrogen-bond acceptors (Lipinski definition) is 2. The molecule has 2 atom stereocenters. The number of nitrogens with zero attached hydrogens (tertiary/aromatic N) is 3. The quantitative estimate of drug-likeness (QED) is 0.380. The van der Waals surface area contributed by atoms with Gasteiger partial charge in [0.25, 0.3) is 0 Å². The molecule has 72 valence electrons. The molecule has 0 aliphatic carbocycles. The van der Waals surface area contributed by atoms with Gasteiger partial charge in [0.05, 0.1) is 12.6 Å². The van der Waals surface area contributed by atoms with E-state index in [0.717, 1.165) is 11.3 Å². The smallest absolute Gasteiger partial charge is 0.122 e. The lowest BCUT2D eigenvalue weighted by Gasteiger charge is -2.28. The first-order valence-electron chi connectivity index (χ1n) is 4.59. The minimum Gasteiger partial charge on any atom is -0.493 e. The predicted molar refractivity (Wildman–Crippen MR) is 53.0 cm³/mol. The Hall–Kier alpha value is -1.67. The monoisotopic (exact) mass is 189 g/mol. The average molecular weight is 189 g/mol. The van der Waals surface area contributed by atoms with Gasteiger partial charge in [-0.1, -0.05) is 30.2 Å². The summed E-state index contributed by atoms with van der Waals surface area (Å²) in [7, 11) is 0. The van der Waals surface area contributed by atoms with Crippen LogP contribution in [0.3, 0.4) is 0 Å². The first-order valence-corrected chi connectivity index (χ1v) is 4.59. The van der Waals surface area contributed by atoms with Gasteiger partial charge in [-0.2, -0.15) is 0 Å². The summed E-state index contributed by atoms with van der Waals surface area (Å²) in [5, 5.41) is 3.81. The molecule has 2 rings (SSSR count). The minimum absolute atomic E-state index is 0.0926. The van der Waals surface area contributed by atoms with Crippen LogP contribution in [0.1, 0.15) is 18.5 Å². The lowest BCUT2D eigenvalue weighted by atomic mass is 9.93. The zero-order valence-electron chi connectivity index (χ0n) is 7.92. The third-order valence-electron chi connectivity index (χ3n) is 2.45. The lowest BCUT2D eigenvalue weighted by Crippen LogP contribution is -2.22. The van der Waals surface area contributed by atoms with Crippen LogP contribution in [0.2, 0.25) is 0 Å². The third-order valence-corrected chi connectivity index (χ3v) is 2.45. The molecule has 1 aliphatic rings. The maximum Gasteiger partial charge on any atom is 0.122 e. The number of para-hydroxylation sites is 1. The Balaban J connectivity index is 2.45. The van der Waals surface area contributed by atoms with Crippen molar-refractivity contribution in [3.8, 4) is 5.75 Å². The van der Waals surface area contributed by atoms with Crippen LogP contribution in [-0.4, -0.2) is 6.61 Å². The van der Waals surface area contributed by atoms with E-state index in [1.54, 1.807) is 0 Å². The van der Waals surface area contributed by atoms with Crippen molar-refractivity contribution in [3.63, 3.8) is 0 Å². The topological polar surface area (TPSA) is 58.0 Å². The van der Waals surface area contributed by atoms with Crippen LogP contribution in [0.5, 0.6) is 5.75 Å². The molecule has 1 heterocycles. The maximum absolute atomic E-state index is 8.48. The van der Waals surface area contributed by atoms with Gasteiger partial charge in [0.1, 0.15) is 5.75 Å². The summed E-state index contributed by atoms with van der Waals surface area (Å²) in [6.07, 6.45) is 0. The van der Waals surface area contributed by atoms with Gasteiger partial charge in [-0.05, 0) is 11.6 Å². The van der Waals surface area contributed by atoms with Crippen LogP contribution in [0.15, 0.2) is 29.4 Å². The zero-order valence-corrected chi connectivity index (χ0v) is 7.92. The Labute approximate surface area is 82.1 Å². The Bertz CT molecular complexity index is 385. The summed E-state index contributed by atoms with van der Waals surface area (Å²) in [6.45, 7) is 2.63. The number of fused-ring (bicyclic) bond motifs is 1. The molecule has 2 unspecified atom stereocenters. The highest BCUT2D eigenvalue weighted by Crippen LogP contribution is 2.37. The van der Waals surface area contributed by atoms with Crippen LogP contribution in [-0.2, 0) is 0 Å². The Kier molecular flexibility index (Phi) is 2.29. The first-order chi connectivity index (χ1) is 6.83. The van der Waals surface area contributed by atoms with Gasteiger partial charge in [0.2, 0.25) is 0 Å². The molecule has 0 fully saturated rings. The van der Waals surface area contributed by atoms with E-state index in [-0.39, 0.29) is 12.0 Å². The molecule has 0 spiro atoms. The van der Waals surface area contributed by atoms with Crippen molar-refractivity contribution in [2.75, 3.05) is 6.61 Å². The molecule has 0 aromatic heterocycles. The van der Waals surface area contributed by atoms with E-state index in [9.17, 15) is 0 Å². The molecule has 14 heavy (non-hydrogen) atoms. The van der Waals surface area contributed by atoms with Crippen molar-refractivity contribution < 1.29 is 4.74 Å². The van der Waals surface area contributed by atoms with E-state index in [2.05, 4.69) is 10.0 Å². The Morgan fingerprint density at radius 2 is 2.29 bits per heavy atom. The van der Waals surface area contributed by atoms with E-state index in [0.29, 0.717) is 6.61 Å². The third kappa shape index (κ3) is 1.40. The number of azide groups is 1. The second kappa shape index (κ2) is 3.60. The van der Waals surface area contributed by atoms with Crippen LogP contribution in [0.4, 0.5) is 0 Å². The normalized spacial score (nSPS) is 24.4. The second-order valence-electron chi connectivity index (χ2n) is 3.48. The zero-order chi connectivity index (χ0) is 9.97. The van der Waals surface area contributed by atoms with E-state index >= 15 is 0 Å². The van der Waals surface area contributed by atoms with Crippen LogP contribution in [0.25, 0.3) is 10.4 Å². The number of hydrogen-bond donors (Lipinski definition) is 0. The van der Waals surface area contributed by atoms with Crippen LogP contribution in [0, 0.1) is 5.92 Å². The molecule has 0 saturated heterocycles. The standard InChI is InChI=1S/C10H11N3O/c1-7-6-14-9-5-3-2-4-8(9)10(7)12-13-11/h2-5,7,10H,6H2,1H3. The van der Waals surface area contributed by atoms with Crippen molar-refractivity contribution in [1.29, 1.82) is 0 Å². The van der Waals surface area contributed by atoms with Gasteiger partial charge in [-0.15, -0.1) is 0 Å². The number of benzene rings is 1. The van der Waals surface area contributed by atoms with E-state index in [1.807, 2.05) is 31.2 Å². The molecule has 4 nitrogen and oxygen atoms in total. The summed E-state index contributed by atoms with van der Waals surface area (Å²) in [5.74, 6) is 1.07. The summed E-state index contributed by atoms with van der Waals surface area (Å²) in [6, 6.07) is 7.61. The first kappa shape index (κ1) is 8.91. The van der Waals surface area contributed by atoms with Crippen molar-refractivity contribution in [1.82, 2.24) is 0 Å². The minimum atomic E-state index is -0.0926. The molecule has 1 aromatic rings. The van der Waals surface area contributed by atoms with Crippen molar-refractivity contribution >= 4 is 0 Å². The molecule has 0 bridgehead atoms. The highest BCUT2D eigenvalue weighted by molar-refractivity contribution is 5.37. The van der Waals surface area contributed by atoms with Gasteiger partial charge in [-0.3, -0.25) is 0 Å². The lowest BCUT2D eigenvalue weighted by molar-refractivity contribution is 0.207. The van der Waals surface area contributed by atoms with Crippen molar-refractivity contribution in [3.05, 3.63) is 40.3 Å². The summed E-state index contributed by atoms with van der Waals surface area (Å²) >= 11 is 0. The SMILES string of the molecule is CC1COc2ccccc2C1N=[N+]=[N-]. The predicted octanol–water partition coefficient (Wildman–Crippen LogP) is 3.07. The second-order valence-corrected chi connectivity index (χ2v) is 3.48. The highest BCUT2D eigenvalue weighted by atomic mass is 16.5. The summed E-state index contributed by atoms with van der Waals surface area (Å²) in [5.41, 5.74) is 9.47. The summed E-state index contributed by atoms with van der Waals surface area (Å²) < 4.78 is 5.53. The summed E-state index contributed by atoms with van der Waals surface area (Å²) in [4.78, 5) is 2.88. The van der Waals surface area contributed by atoms with E-state index in [1.165, 1.54) is 0 Å². The van der Waals surface area contributed by atoms with Crippen molar-refractivity contribution in [2.45, 2.75) is 13.0 Å². The highest BCUT2D eigenvalue weighted by Gasteiger charge is 2.26. The van der Waals surface area contributed by atoms with E-state index in [4.69, 9.17) is 10.3 Å². The van der Waals surface area contributed by atoms with Gasteiger partial charge in [-0.25, -0.2) is 0 Å². The molecule has 4 heteroatoms. The van der Waals surface area contributed by atoms with Gasteiger partial charge in [0.15, 0.2) is 0 Å². The largest absolute Gasteiger partial charge is 0.493 e. The molecule has 0 N–H and O–H groups in total. The maximum atomic E-state index is 8.48. The van der Waals surface area contributed by atoms with Gasteiger partial charge < -0.3 is 4.74 Å². The fraction of sp³-hybridized carbons (Fsp3) is 0.400. The van der Waals surface area contributed by atoms with E-state index < -0.39 is 0 Å². The fourth-order valence-electron chi connectivity index (χ4n) is 1.71. The fourth-order valence-corrected chi connectivity index (χ4v) is 1.71. The van der Waals surface area contributed by atoms with Gasteiger partial charge >= 0.3 is 0 Å². The molecule has 0 saturated carbocycles. The Morgan fingerprint density at radius 3 is 3.07 bits per heavy atom. The van der Waals surface area contributed by atoms with Crippen LogP contribution < -0.4 is 4.74 Å². The number of ether oxygens (including phenoxy) is 1. The molecule has 1 aromatic carbocycles. The molecule has 0 amide bonds. The van der Waals surface area contributed by atoms with Crippen molar-refractivity contribution in [2.24, 2.45) is 11.0 Å². The molecule has 0 radical (unpaired) electrons. The van der Waals surface area contributed by atoms with Crippen LogP contribution >= 0.6 is 0 Å². The van der Waals surface area contributed by atoms with Gasteiger partial charge in [0, 0.05) is 16.4 Å². The Morgan fingerprint density at radius 1 is 1.50 bits per heavy atom. The molecular formula is C10H11N3O. The number of rotatable bonds is 1. The average Bonchev–Trinajstić information content (AvgIpc) is 2.23. The molecular weight excluding hydrogens is 178 g/mol. The molecule has 1 aliphatic heterocycles.